The lowest BCUT2D eigenvalue weighted by Crippen LogP contribution is -2.36. The zero-order valence-electron chi connectivity index (χ0n) is 9.99. The predicted octanol–water partition coefficient (Wildman–Crippen LogP) is -0.237. The van der Waals surface area contributed by atoms with Crippen molar-refractivity contribution in [3.05, 3.63) is 24.0 Å². The zero-order valence-corrected chi connectivity index (χ0v) is 10.8. The van der Waals surface area contributed by atoms with E-state index in [-0.39, 0.29) is 12.3 Å². The predicted molar refractivity (Wildman–Crippen MR) is 64.7 cm³/mol. The monoisotopic (exact) mass is 291 g/mol. The molecule has 0 radical (unpaired) electrons. The van der Waals surface area contributed by atoms with E-state index in [0.717, 1.165) is 4.68 Å². The van der Waals surface area contributed by atoms with Crippen molar-refractivity contribution in [3.8, 4) is 0 Å². The van der Waals surface area contributed by atoms with Crippen LogP contribution in [0.15, 0.2) is 18.3 Å². The minimum atomic E-state index is -3.94. The first kappa shape index (κ1) is 14.8. The number of rotatable bonds is 6. The van der Waals surface area contributed by atoms with E-state index in [1.54, 1.807) is 6.92 Å². The van der Waals surface area contributed by atoms with Gasteiger partial charge in [0.1, 0.15) is 11.6 Å². The first-order valence-electron chi connectivity index (χ1n) is 5.17. The molecule has 0 aromatic carbocycles. The van der Waals surface area contributed by atoms with Crippen molar-refractivity contribution in [1.29, 1.82) is 0 Å². The van der Waals surface area contributed by atoms with Gasteiger partial charge in [0.05, 0.1) is 6.61 Å². The van der Waals surface area contributed by atoms with Crippen molar-refractivity contribution in [2.24, 2.45) is 0 Å². The van der Waals surface area contributed by atoms with Crippen LogP contribution >= 0.6 is 0 Å². The second-order valence-electron chi connectivity index (χ2n) is 3.32. The fourth-order valence-electron chi connectivity index (χ4n) is 1.15. The summed E-state index contributed by atoms with van der Waals surface area (Å²) in [6, 6.07) is 2.59. The van der Waals surface area contributed by atoms with E-state index >= 15 is 0 Å². The molecule has 19 heavy (non-hydrogen) atoms. The third-order valence-electron chi connectivity index (χ3n) is 1.89. The number of alkyl carbamates (subject to hydrolysis) is 1. The summed E-state index contributed by atoms with van der Waals surface area (Å²) in [5, 5.41) is 10.8. The highest BCUT2D eigenvalue weighted by atomic mass is 32.2. The quantitative estimate of drug-likeness (QED) is 0.664. The van der Waals surface area contributed by atoms with Gasteiger partial charge in [-0.05, 0) is 19.1 Å². The molecule has 0 spiro atoms. The molecule has 0 aliphatic heterocycles. The molecule has 9 nitrogen and oxygen atoms in total. The molecule has 106 valence electrons. The fraction of sp³-hybridized carbons (Fsp3) is 0.333. The number of aromatic carboxylic acids is 1. The number of sulfonamides is 1. The summed E-state index contributed by atoms with van der Waals surface area (Å²) < 4.78 is 28.5. The van der Waals surface area contributed by atoms with Gasteiger partial charge in [0.15, 0.2) is 0 Å². The number of carboxylic acids is 1. The van der Waals surface area contributed by atoms with Crippen LogP contribution in [0.1, 0.15) is 17.4 Å². The number of carboxylic acid groups (broad SMARTS) is 1. The number of carbonyl (C=O) groups is 2. The second-order valence-corrected chi connectivity index (χ2v) is 5.02. The fourth-order valence-corrected chi connectivity index (χ4v) is 1.98. The average molecular weight is 291 g/mol. The Bertz CT molecular complexity index is 564. The first-order valence-corrected chi connectivity index (χ1v) is 6.82. The Morgan fingerprint density at radius 2 is 2.16 bits per heavy atom. The van der Waals surface area contributed by atoms with Crippen LogP contribution in [-0.4, -0.2) is 42.7 Å². The van der Waals surface area contributed by atoms with Crippen molar-refractivity contribution >= 4 is 22.1 Å². The maximum absolute atomic E-state index is 11.6. The summed E-state index contributed by atoms with van der Waals surface area (Å²) >= 11 is 0. The van der Waals surface area contributed by atoms with Crippen molar-refractivity contribution in [2.45, 2.75) is 6.92 Å². The van der Waals surface area contributed by atoms with Crippen molar-refractivity contribution < 1.29 is 27.9 Å². The molecule has 0 bridgehead atoms. The lowest BCUT2D eigenvalue weighted by Gasteiger charge is -2.11. The van der Waals surface area contributed by atoms with Crippen LogP contribution in [0.25, 0.3) is 0 Å². The molecule has 10 heteroatoms. The molecule has 0 fully saturated rings. The molecule has 0 aliphatic carbocycles. The third-order valence-corrected chi connectivity index (χ3v) is 2.89. The van der Waals surface area contributed by atoms with Gasteiger partial charge in [-0.2, -0.15) is 0 Å². The molecule has 1 rings (SSSR count). The molecule has 1 heterocycles. The SMILES string of the molecule is CCOC(=O)NCS(=O)(=O)Nn1cccc1C(=O)O. The Hall–Kier alpha value is -2.23. The summed E-state index contributed by atoms with van der Waals surface area (Å²) in [5.41, 5.74) is -0.250. The van der Waals surface area contributed by atoms with Gasteiger partial charge in [0.25, 0.3) is 10.0 Å². The minimum absolute atomic E-state index is 0.111. The van der Waals surface area contributed by atoms with E-state index in [1.165, 1.54) is 18.3 Å². The second kappa shape index (κ2) is 6.09. The maximum atomic E-state index is 11.6. The Labute approximate surface area is 109 Å². The summed E-state index contributed by atoms with van der Waals surface area (Å²) in [4.78, 5) is 23.7. The number of carbonyl (C=O) groups excluding carboxylic acids is 1. The minimum Gasteiger partial charge on any atom is -0.477 e. The van der Waals surface area contributed by atoms with E-state index in [1.807, 2.05) is 10.1 Å². The lowest BCUT2D eigenvalue weighted by atomic mass is 10.4. The van der Waals surface area contributed by atoms with Gasteiger partial charge in [0, 0.05) is 6.20 Å². The van der Waals surface area contributed by atoms with Crippen molar-refractivity contribution in [1.82, 2.24) is 9.99 Å². The Morgan fingerprint density at radius 1 is 1.47 bits per heavy atom. The average Bonchev–Trinajstić information content (AvgIpc) is 2.74. The van der Waals surface area contributed by atoms with Crippen molar-refractivity contribution in [2.75, 3.05) is 17.3 Å². The molecule has 0 atom stereocenters. The van der Waals surface area contributed by atoms with E-state index in [0.29, 0.717) is 0 Å². The molecular weight excluding hydrogens is 278 g/mol. The van der Waals surface area contributed by atoms with E-state index in [4.69, 9.17) is 5.11 Å². The molecule has 1 aromatic rings. The number of aromatic nitrogens is 1. The number of amides is 1. The zero-order chi connectivity index (χ0) is 14.5. The summed E-state index contributed by atoms with van der Waals surface area (Å²) in [5.74, 6) is -2.02. The van der Waals surface area contributed by atoms with Crippen LogP contribution < -0.4 is 10.1 Å². The summed E-state index contributed by atoms with van der Waals surface area (Å²) in [6.07, 6.45) is 0.351. The topological polar surface area (TPSA) is 127 Å². The van der Waals surface area contributed by atoms with Crippen molar-refractivity contribution in [3.63, 3.8) is 0 Å². The van der Waals surface area contributed by atoms with E-state index < -0.39 is 28.0 Å². The number of hydrogen-bond donors (Lipinski definition) is 3. The molecule has 1 aromatic heterocycles. The van der Waals surface area contributed by atoms with Crippen LogP contribution in [0.2, 0.25) is 0 Å². The van der Waals surface area contributed by atoms with Crippen LogP contribution in [0.4, 0.5) is 4.79 Å². The summed E-state index contributed by atoms with van der Waals surface area (Å²) in [6.45, 7) is 1.69. The molecule has 3 N–H and O–H groups in total. The number of hydrogen-bond acceptors (Lipinski definition) is 5. The van der Waals surface area contributed by atoms with Crippen LogP contribution in [-0.2, 0) is 14.8 Å². The Balaban J connectivity index is 2.67. The lowest BCUT2D eigenvalue weighted by molar-refractivity contribution is 0.0687. The standard InChI is InChI=1S/C9H13N3O6S/c1-2-18-9(15)10-6-19(16,17)11-12-5-3-4-7(12)8(13)14/h3-5,11H,2,6H2,1H3,(H,10,15)(H,13,14). The number of nitrogens with zero attached hydrogens (tertiary/aromatic N) is 1. The van der Waals surface area contributed by atoms with Gasteiger partial charge in [-0.15, -0.1) is 0 Å². The van der Waals surface area contributed by atoms with E-state index in [9.17, 15) is 18.0 Å². The Kier molecular flexibility index (Phi) is 4.75. The normalized spacial score (nSPS) is 10.8. The van der Waals surface area contributed by atoms with Gasteiger partial charge in [-0.1, -0.05) is 0 Å². The molecule has 0 unspecified atom stereocenters. The Morgan fingerprint density at radius 3 is 2.74 bits per heavy atom. The highest BCUT2D eigenvalue weighted by molar-refractivity contribution is 7.92. The van der Waals surface area contributed by atoms with Gasteiger partial charge < -0.3 is 15.2 Å². The molecule has 0 saturated heterocycles. The van der Waals surface area contributed by atoms with Crippen LogP contribution in [0, 0.1) is 0 Å². The first-order chi connectivity index (χ1) is 8.85. The van der Waals surface area contributed by atoms with Gasteiger partial charge in [-0.3, -0.25) is 0 Å². The largest absolute Gasteiger partial charge is 0.477 e. The number of ether oxygens (including phenoxy) is 1. The third kappa shape index (κ3) is 4.50. The van der Waals surface area contributed by atoms with Gasteiger partial charge in [0.2, 0.25) is 0 Å². The molecular formula is C9H13N3O6S. The van der Waals surface area contributed by atoms with Gasteiger partial charge >= 0.3 is 12.1 Å². The van der Waals surface area contributed by atoms with E-state index in [2.05, 4.69) is 4.74 Å². The molecule has 0 aliphatic rings. The summed E-state index contributed by atoms with van der Waals surface area (Å²) in [7, 11) is -3.94. The van der Waals surface area contributed by atoms with Gasteiger partial charge in [-0.25, -0.2) is 27.5 Å². The highest BCUT2D eigenvalue weighted by Gasteiger charge is 2.16. The molecule has 1 amide bonds. The maximum Gasteiger partial charge on any atom is 0.408 e. The van der Waals surface area contributed by atoms with Crippen LogP contribution in [0.5, 0.6) is 0 Å². The molecule has 0 saturated carbocycles. The number of nitrogens with one attached hydrogen (secondary N) is 2. The highest BCUT2D eigenvalue weighted by Crippen LogP contribution is 2.01. The smallest absolute Gasteiger partial charge is 0.408 e. The van der Waals surface area contributed by atoms with Crippen LogP contribution in [0.3, 0.4) is 0 Å².